The minimum absolute atomic E-state index is 0.224. The number of nitrogens with one attached hydrogen (secondary N) is 1. The Hall–Kier alpha value is -3.74. The fourth-order valence-corrected chi connectivity index (χ4v) is 2.90. The molecule has 0 saturated carbocycles. The maximum absolute atomic E-state index is 12.7. The highest BCUT2D eigenvalue weighted by molar-refractivity contribution is 6.04. The van der Waals surface area contributed by atoms with Crippen LogP contribution in [0.3, 0.4) is 0 Å². The molecule has 0 bridgehead atoms. The number of anilines is 1. The number of rotatable bonds is 4. The lowest BCUT2D eigenvalue weighted by Crippen LogP contribution is -2.14. The Bertz CT molecular complexity index is 1070. The number of pyridine rings is 1. The zero-order valence-corrected chi connectivity index (χ0v) is 15.0. The Labute approximate surface area is 156 Å². The third kappa shape index (κ3) is 3.22. The van der Waals surface area contributed by atoms with Crippen molar-refractivity contribution in [3.8, 4) is 11.5 Å². The van der Waals surface area contributed by atoms with E-state index in [2.05, 4.69) is 20.4 Å². The molecule has 134 valence electrons. The van der Waals surface area contributed by atoms with Crippen LogP contribution in [0.4, 0.5) is 5.69 Å². The molecule has 4 rings (SSSR count). The summed E-state index contributed by atoms with van der Waals surface area (Å²) in [6.45, 7) is 3.81. The van der Waals surface area contributed by atoms with Crippen LogP contribution in [-0.4, -0.2) is 30.2 Å². The predicted molar refractivity (Wildman–Crippen MR) is 102 cm³/mol. The summed E-state index contributed by atoms with van der Waals surface area (Å²) in [5.74, 6) is 0.479. The molecule has 0 aliphatic heterocycles. The van der Waals surface area contributed by atoms with Gasteiger partial charge in [0.2, 0.25) is 0 Å². The van der Waals surface area contributed by atoms with Crippen molar-refractivity contribution in [3.63, 3.8) is 0 Å². The fourth-order valence-electron chi connectivity index (χ4n) is 2.90. The summed E-state index contributed by atoms with van der Waals surface area (Å²) >= 11 is 0. The number of aromatic nitrogens is 5. The summed E-state index contributed by atoms with van der Waals surface area (Å²) in [6, 6.07) is 13.3. The molecule has 3 heterocycles. The zero-order chi connectivity index (χ0) is 18.8. The molecule has 27 heavy (non-hydrogen) atoms. The van der Waals surface area contributed by atoms with E-state index in [0.29, 0.717) is 17.1 Å². The Morgan fingerprint density at radius 2 is 1.89 bits per heavy atom. The molecule has 1 amide bonds. The van der Waals surface area contributed by atoms with Gasteiger partial charge < -0.3 is 5.32 Å². The van der Waals surface area contributed by atoms with Crippen LogP contribution in [0.2, 0.25) is 0 Å². The number of nitrogens with zero attached hydrogens (tertiary/aromatic N) is 5. The van der Waals surface area contributed by atoms with Crippen molar-refractivity contribution in [1.29, 1.82) is 0 Å². The average Bonchev–Trinajstić information content (AvgIpc) is 3.33. The van der Waals surface area contributed by atoms with Gasteiger partial charge in [0.05, 0.1) is 28.3 Å². The second kappa shape index (κ2) is 6.87. The lowest BCUT2D eigenvalue weighted by atomic mass is 10.2. The normalized spacial score (nSPS) is 10.7. The lowest BCUT2D eigenvalue weighted by Gasteiger charge is -2.08. The van der Waals surface area contributed by atoms with Crippen molar-refractivity contribution in [2.45, 2.75) is 13.8 Å². The second-order valence-electron chi connectivity index (χ2n) is 6.12. The van der Waals surface area contributed by atoms with Crippen molar-refractivity contribution >= 4 is 11.6 Å². The third-order valence-electron chi connectivity index (χ3n) is 4.31. The van der Waals surface area contributed by atoms with Crippen molar-refractivity contribution in [3.05, 3.63) is 84.3 Å². The average molecular weight is 358 g/mol. The van der Waals surface area contributed by atoms with Crippen LogP contribution in [0.25, 0.3) is 11.5 Å². The Balaban J connectivity index is 1.57. The number of hydrogen-bond donors (Lipinski definition) is 1. The Morgan fingerprint density at radius 1 is 1.07 bits per heavy atom. The fraction of sp³-hybridized carbons (Fsp3) is 0.100. The molecule has 3 aromatic heterocycles. The highest BCUT2D eigenvalue weighted by atomic mass is 16.1. The summed E-state index contributed by atoms with van der Waals surface area (Å²) in [5.41, 5.74) is 3.76. The van der Waals surface area contributed by atoms with Gasteiger partial charge in [-0.1, -0.05) is 18.2 Å². The first-order chi connectivity index (χ1) is 13.1. The van der Waals surface area contributed by atoms with E-state index in [1.54, 1.807) is 41.6 Å². The van der Waals surface area contributed by atoms with Crippen molar-refractivity contribution in [2.24, 2.45) is 0 Å². The van der Waals surface area contributed by atoms with Crippen LogP contribution in [0.15, 0.2) is 67.4 Å². The van der Waals surface area contributed by atoms with Gasteiger partial charge >= 0.3 is 0 Å². The number of para-hydroxylation sites is 1. The molecule has 0 aliphatic carbocycles. The number of benzene rings is 1. The van der Waals surface area contributed by atoms with Crippen LogP contribution in [0.5, 0.6) is 0 Å². The SMILES string of the molecule is Cc1nn(-c2ccccc2)c(C)c1NC(=O)c1ccc(-n2ccnc2)nc1. The number of aryl methyl sites for hydroxylation is 1. The van der Waals surface area contributed by atoms with E-state index < -0.39 is 0 Å². The number of hydrogen-bond acceptors (Lipinski definition) is 4. The highest BCUT2D eigenvalue weighted by Crippen LogP contribution is 2.23. The van der Waals surface area contributed by atoms with E-state index in [-0.39, 0.29) is 5.91 Å². The van der Waals surface area contributed by atoms with Crippen LogP contribution >= 0.6 is 0 Å². The highest BCUT2D eigenvalue weighted by Gasteiger charge is 2.16. The van der Waals surface area contributed by atoms with Gasteiger partial charge in [-0.3, -0.25) is 9.36 Å². The van der Waals surface area contributed by atoms with Gasteiger partial charge in [-0.2, -0.15) is 5.10 Å². The first-order valence-corrected chi connectivity index (χ1v) is 8.51. The number of carbonyl (C=O) groups excluding carboxylic acids is 1. The minimum atomic E-state index is -0.224. The summed E-state index contributed by atoms with van der Waals surface area (Å²) < 4.78 is 3.60. The molecule has 7 nitrogen and oxygen atoms in total. The molecule has 0 fully saturated rings. The zero-order valence-electron chi connectivity index (χ0n) is 15.0. The minimum Gasteiger partial charge on any atom is -0.319 e. The molecule has 4 aromatic rings. The molecular formula is C20H18N6O. The summed E-state index contributed by atoms with van der Waals surface area (Å²) in [6.07, 6.45) is 6.69. The van der Waals surface area contributed by atoms with Gasteiger partial charge in [0, 0.05) is 18.6 Å². The van der Waals surface area contributed by atoms with E-state index in [4.69, 9.17) is 0 Å². The molecule has 1 N–H and O–H groups in total. The van der Waals surface area contributed by atoms with Gasteiger partial charge in [-0.15, -0.1) is 0 Å². The van der Waals surface area contributed by atoms with Crippen molar-refractivity contribution in [2.75, 3.05) is 5.32 Å². The molecule has 0 aliphatic rings. The van der Waals surface area contributed by atoms with Gasteiger partial charge in [-0.25, -0.2) is 14.6 Å². The van der Waals surface area contributed by atoms with E-state index in [9.17, 15) is 4.79 Å². The van der Waals surface area contributed by atoms with Crippen LogP contribution in [0, 0.1) is 13.8 Å². The van der Waals surface area contributed by atoms with Gasteiger partial charge in [0.25, 0.3) is 5.91 Å². The molecule has 0 saturated heterocycles. The van der Waals surface area contributed by atoms with Gasteiger partial charge in [0.1, 0.15) is 12.1 Å². The summed E-state index contributed by atoms with van der Waals surface area (Å²) in [5, 5.41) is 7.51. The standard InChI is InChI=1S/C20H18N6O/c1-14-19(15(2)26(24-14)17-6-4-3-5-7-17)23-20(27)16-8-9-18(22-12-16)25-11-10-21-13-25/h3-13H,1-2H3,(H,23,27). The lowest BCUT2D eigenvalue weighted by molar-refractivity contribution is 0.102. The molecule has 0 unspecified atom stereocenters. The first-order valence-electron chi connectivity index (χ1n) is 8.51. The van der Waals surface area contributed by atoms with E-state index in [1.165, 1.54) is 0 Å². The number of amides is 1. The molecular weight excluding hydrogens is 340 g/mol. The van der Waals surface area contributed by atoms with Crippen LogP contribution < -0.4 is 5.32 Å². The monoisotopic (exact) mass is 358 g/mol. The molecule has 1 aromatic carbocycles. The van der Waals surface area contributed by atoms with E-state index in [0.717, 1.165) is 17.1 Å². The van der Waals surface area contributed by atoms with Crippen molar-refractivity contribution < 1.29 is 4.79 Å². The van der Waals surface area contributed by atoms with Crippen LogP contribution in [0.1, 0.15) is 21.7 Å². The quantitative estimate of drug-likeness (QED) is 0.607. The van der Waals surface area contributed by atoms with E-state index in [1.807, 2.05) is 48.9 Å². The molecule has 0 radical (unpaired) electrons. The van der Waals surface area contributed by atoms with Gasteiger partial charge in [0.15, 0.2) is 0 Å². The summed E-state index contributed by atoms with van der Waals surface area (Å²) in [4.78, 5) is 21.0. The van der Waals surface area contributed by atoms with Gasteiger partial charge in [-0.05, 0) is 38.1 Å². The van der Waals surface area contributed by atoms with Crippen LogP contribution in [-0.2, 0) is 0 Å². The predicted octanol–water partition coefficient (Wildman–Crippen LogP) is 3.32. The number of carbonyl (C=O) groups is 1. The first kappa shape index (κ1) is 16.7. The molecule has 0 spiro atoms. The topological polar surface area (TPSA) is 77.6 Å². The maximum Gasteiger partial charge on any atom is 0.257 e. The number of imidazole rings is 1. The maximum atomic E-state index is 12.7. The summed E-state index contributed by atoms with van der Waals surface area (Å²) in [7, 11) is 0. The third-order valence-corrected chi connectivity index (χ3v) is 4.31. The van der Waals surface area contributed by atoms with E-state index >= 15 is 0 Å². The molecule has 0 atom stereocenters. The Kier molecular flexibility index (Phi) is 4.25. The van der Waals surface area contributed by atoms with Crippen molar-refractivity contribution in [1.82, 2.24) is 24.3 Å². The molecule has 7 heteroatoms. The second-order valence-corrected chi connectivity index (χ2v) is 6.12. The largest absolute Gasteiger partial charge is 0.319 e. The Morgan fingerprint density at radius 3 is 2.56 bits per heavy atom. The smallest absolute Gasteiger partial charge is 0.257 e.